The standard InChI is InChI=1S/C12H17Br2NS/c1-4-5-15-10(6-8(2)3)11-7-9(13)12(14)16-11/h6-7,10,15H,4-5H2,1-3H3. The summed E-state index contributed by atoms with van der Waals surface area (Å²) in [5, 5.41) is 3.55. The molecule has 1 aromatic heterocycles. The van der Waals surface area contributed by atoms with Crippen LogP contribution in [0.15, 0.2) is 26.0 Å². The molecule has 1 heterocycles. The summed E-state index contributed by atoms with van der Waals surface area (Å²) in [7, 11) is 0. The Kier molecular flexibility index (Phi) is 6.26. The first-order chi connectivity index (χ1) is 7.54. The SMILES string of the molecule is CCCNC(C=C(C)C)c1cc(Br)c(Br)s1. The van der Waals surface area contributed by atoms with Gasteiger partial charge in [0.2, 0.25) is 0 Å². The second-order valence-electron chi connectivity index (χ2n) is 3.95. The number of halogens is 2. The Morgan fingerprint density at radius 2 is 2.19 bits per heavy atom. The van der Waals surface area contributed by atoms with Gasteiger partial charge < -0.3 is 5.32 Å². The van der Waals surface area contributed by atoms with Crippen LogP contribution in [0.2, 0.25) is 0 Å². The van der Waals surface area contributed by atoms with Crippen molar-refractivity contribution >= 4 is 43.2 Å². The van der Waals surface area contributed by atoms with Crippen LogP contribution in [0.25, 0.3) is 0 Å². The van der Waals surface area contributed by atoms with Crippen molar-refractivity contribution in [2.45, 2.75) is 33.2 Å². The minimum Gasteiger partial charge on any atom is -0.306 e. The molecule has 0 aromatic carbocycles. The molecule has 1 unspecified atom stereocenters. The first-order valence-electron chi connectivity index (χ1n) is 5.37. The Bertz CT molecular complexity index is 348. The lowest BCUT2D eigenvalue weighted by Crippen LogP contribution is -2.19. The van der Waals surface area contributed by atoms with Gasteiger partial charge in [0.25, 0.3) is 0 Å². The molecule has 0 radical (unpaired) electrons. The van der Waals surface area contributed by atoms with E-state index in [4.69, 9.17) is 0 Å². The van der Waals surface area contributed by atoms with Crippen molar-refractivity contribution in [3.05, 3.63) is 30.9 Å². The van der Waals surface area contributed by atoms with Gasteiger partial charge in [-0.2, -0.15) is 0 Å². The second-order valence-corrected chi connectivity index (χ2v) is 7.20. The summed E-state index contributed by atoms with van der Waals surface area (Å²) in [6, 6.07) is 2.51. The predicted molar refractivity (Wildman–Crippen MR) is 80.2 cm³/mol. The molecular weight excluding hydrogens is 350 g/mol. The van der Waals surface area contributed by atoms with Gasteiger partial charge in [-0.25, -0.2) is 0 Å². The average Bonchev–Trinajstić information content (AvgIpc) is 2.53. The molecule has 1 rings (SSSR count). The van der Waals surface area contributed by atoms with Crippen LogP contribution < -0.4 is 5.32 Å². The minimum atomic E-state index is 0.331. The molecule has 0 aliphatic rings. The van der Waals surface area contributed by atoms with E-state index in [9.17, 15) is 0 Å². The van der Waals surface area contributed by atoms with Crippen LogP contribution in [-0.4, -0.2) is 6.54 Å². The van der Waals surface area contributed by atoms with Crippen molar-refractivity contribution in [2.24, 2.45) is 0 Å². The molecule has 90 valence electrons. The highest BCUT2D eigenvalue weighted by Crippen LogP contribution is 2.36. The number of allylic oxidation sites excluding steroid dienone is 1. The van der Waals surface area contributed by atoms with Crippen molar-refractivity contribution in [1.82, 2.24) is 5.32 Å². The fourth-order valence-electron chi connectivity index (χ4n) is 1.39. The van der Waals surface area contributed by atoms with Gasteiger partial charge in [-0.1, -0.05) is 18.6 Å². The quantitative estimate of drug-likeness (QED) is 0.699. The molecule has 4 heteroatoms. The van der Waals surface area contributed by atoms with Crippen LogP contribution in [0.5, 0.6) is 0 Å². The van der Waals surface area contributed by atoms with Crippen molar-refractivity contribution in [3.63, 3.8) is 0 Å². The summed E-state index contributed by atoms with van der Waals surface area (Å²) in [5.74, 6) is 0. The maximum absolute atomic E-state index is 3.55. The van der Waals surface area contributed by atoms with E-state index in [2.05, 4.69) is 70.1 Å². The predicted octanol–water partition coefficient (Wildman–Crippen LogP) is 5.28. The zero-order chi connectivity index (χ0) is 12.1. The van der Waals surface area contributed by atoms with Crippen LogP contribution >= 0.6 is 43.2 Å². The van der Waals surface area contributed by atoms with Gasteiger partial charge in [0.05, 0.1) is 9.83 Å². The first-order valence-corrected chi connectivity index (χ1v) is 7.78. The van der Waals surface area contributed by atoms with Crippen LogP contribution in [0.1, 0.15) is 38.1 Å². The maximum Gasteiger partial charge on any atom is 0.0843 e. The summed E-state index contributed by atoms with van der Waals surface area (Å²) in [5.41, 5.74) is 1.34. The Hall–Kier alpha value is 0.360. The van der Waals surface area contributed by atoms with Gasteiger partial charge in [-0.15, -0.1) is 11.3 Å². The average molecular weight is 367 g/mol. The fraction of sp³-hybridized carbons (Fsp3) is 0.500. The van der Waals surface area contributed by atoms with Crippen LogP contribution in [0, 0.1) is 0 Å². The Labute approximate surface area is 119 Å². The van der Waals surface area contributed by atoms with E-state index < -0.39 is 0 Å². The zero-order valence-corrected chi connectivity index (χ0v) is 13.8. The van der Waals surface area contributed by atoms with E-state index in [1.165, 1.54) is 10.5 Å². The highest BCUT2D eigenvalue weighted by atomic mass is 79.9. The third kappa shape index (κ3) is 4.32. The number of rotatable bonds is 5. The molecule has 0 saturated carbocycles. The smallest absolute Gasteiger partial charge is 0.0843 e. The lowest BCUT2D eigenvalue weighted by atomic mass is 10.1. The molecular formula is C12H17Br2NS. The van der Waals surface area contributed by atoms with Crippen molar-refractivity contribution in [2.75, 3.05) is 6.54 Å². The molecule has 0 bridgehead atoms. The monoisotopic (exact) mass is 365 g/mol. The van der Waals surface area contributed by atoms with E-state index in [-0.39, 0.29) is 0 Å². The Morgan fingerprint density at radius 3 is 2.62 bits per heavy atom. The molecule has 16 heavy (non-hydrogen) atoms. The normalized spacial score (nSPS) is 12.6. The molecule has 0 fully saturated rings. The molecule has 1 atom stereocenters. The van der Waals surface area contributed by atoms with Gasteiger partial charge in [-0.3, -0.25) is 0 Å². The summed E-state index contributed by atoms with van der Waals surface area (Å²) in [6.45, 7) is 7.51. The van der Waals surface area contributed by atoms with E-state index in [1.54, 1.807) is 11.3 Å². The molecule has 0 aliphatic heterocycles. The van der Waals surface area contributed by atoms with Crippen molar-refractivity contribution in [1.29, 1.82) is 0 Å². The molecule has 1 aromatic rings. The van der Waals surface area contributed by atoms with Crippen LogP contribution in [-0.2, 0) is 0 Å². The van der Waals surface area contributed by atoms with Gasteiger partial charge in [-0.05, 0) is 64.7 Å². The molecule has 0 saturated heterocycles. The molecule has 0 amide bonds. The molecule has 0 spiro atoms. The largest absolute Gasteiger partial charge is 0.306 e. The van der Waals surface area contributed by atoms with E-state index in [0.29, 0.717) is 6.04 Å². The fourth-order valence-corrected chi connectivity index (χ4v) is 3.53. The number of hydrogen-bond donors (Lipinski definition) is 1. The van der Waals surface area contributed by atoms with Crippen molar-refractivity contribution in [3.8, 4) is 0 Å². The highest BCUT2D eigenvalue weighted by molar-refractivity contribution is 9.13. The third-order valence-electron chi connectivity index (χ3n) is 2.08. The number of thiophene rings is 1. The topological polar surface area (TPSA) is 12.0 Å². The molecule has 1 N–H and O–H groups in total. The van der Waals surface area contributed by atoms with Crippen LogP contribution in [0.3, 0.4) is 0 Å². The molecule has 0 aliphatic carbocycles. The zero-order valence-electron chi connectivity index (χ0n) is 9.81. The van der Waals surface area contributed by atoms with Gasteiger partial charge >= 0.3 is 0 Å². The van der Waals surface area contributed by atoms with Crippen molar-refractivity contribution < 1.29 is 0 Å². The number of hydrogen-bond acceptors (Lipinski definition) is 2. The first kappa shape index (κ1) is 14.4. The lowest BCUT2D eigenvalue weighted by molar-refractivity contribution is 0.617. The van der Waals surface area contributed by atoms with E-state index in [0.717, 1.165) is 21.2 Å². The van der Waals surface area contributed by atoms with Gasteiger partial charge in [0.15, 0.2) is 0 Å². The summed E-state index contributed by atoms with van der Waals surface area (Å²) < 4.78 is 2.30. The molecule has 1 nitrogen and oxygen atoms in total. The third-order valence-corrected chi connectivity index (χ3v) is 5.42. The Balaban J connectivity index is 2.87. The van der Waals surface area contributed by atoms with E-state index in [1.807, 2.05) is 0 Å². The lowest BCUT2D eigenvalue weighted by Gasteiger charge is -2.13. The summed E-state index contributed by atoms with van der Waals surface area (Å²) >= 11 is 8.85. The summed E-state index contributed by atoms with van der Waals surface area (Å²) in [4.78, 5) is 1.34. The minimum absolute atomic E-state index is 0.331. The summed E-state index contributed by atoms with van der Waals surface area (Å²) in [6.07, 6.45) is 3.43. The van der Waals surface area contributed by atoms with Crippen LogP contribution in [0.4, 0.5) is 0 Å². The second kappa shape index (κ2) is 6.94. The Morgan fingerprint density at radius 1 is 1.50 bits per heavy atom. The highest BCUT2D eigenvalue weighted by Gasteiger charge is 2.12. The van der Waals surface area contributed by atoms with Gasteiger partial charge in [0, 0.05) is 9.35 Å². The van der Waals surface area contributed by atoms with Gasteiger partial charge in [0.1, 0.15) is 0 Å². The van der Waals surface area contributed by atoms with E-state index >= 15 is 0 Å². The number of nitrogens with one attached hydrogen (secondary N) is 1. The maximum atomic E-state index is 3.55.